The predicted molar refractivity (Wildman–Crippen MR) is 210 cm³/mol. The molecule has 1 heterocycles. The van der Waals surface area contributed by atoms with Crippen molar-refractivity contribution in [2.75, 3.05) is 0 Å². The van der Waals surface area contributed by atoms with Crippen LogP contribution in [-0.4, -0.2) is 15.0 Å². The van der Waals surface area contributed by atoms with Crippen LogP contribution in [0.1, 0.15) is 25.0 Å². The molecule has 1 aromatic heterocycles. The van der Waals surface area contributed by atoms with Gasteiger partial charge in [0.25, 0.3) is 0 Å². The molecule has 0 unspecified atom stereocenters. The molecule has 242 valence electrons. The lowest BCUT2D eigenvalue weighted by Gasteiger charge is -2.22. The predicted octanol–water partition coefficient (Wildman–Crippen LogP) is 12.2. The average molecular weight is 654 g/mol. The Kier molecular flexibility index (Phi) is 7.48. The Labute approximate surface area is 299 Å². The zero-order chi connectivity index (χ0) is 34.4. The molecule has 9 rings (SSSR count). The zero-order valence-electron chi connectivity index (χ0n) is 28.6. The van der Waals surface area contributed by atoms with Crippen molar-refractivity contribution in [1.82, 2.24) is 15.0 Å². The van der Waals surface area contributed by atoms with Gasteiger partial charge in [-0.25, -0.2) is 15.0 Å². The minimum Gasteiger partial charge on any atom is -0.208 e. The number of aromatic nitrogens is 3. The molecule has 0 aliphatic heterocycles. The minimum atomic E-state index is -0.0318. The Balaban J connectivity index is 1.06. The van der Waals surface area contributed by atoms with E-state index in [1.54, 1.807) is 0 Å². The number of hydrogen-bond donors (Lipinski definition) is 0. The molecule has 0 fully saturated rings. The van der Waals surface area contributed by atoms with E-state index in [2.05, 4.69) is 129 Å². The van der Waals surface area contributed by atoms with Gasteiger partial charge in [0.1, 0.15) is 0 Å². The van der Waals surface area contributed by atoms with E-state index in [1.807, 2.05) is 60.7 Å². The molecule has 51 heavy (non-hydrogen) atoms. The van der Waals surface area contributed by atoms with Gasteiger partial charge < -0.3 is 0 Å². The van der Waals surface area contributed by atoms with Crippen LogP contribution >= 0.6 is 0 Å². The van der Waals surface area contributed by atoms with E-state index in [-0.39, 0.29) is 5.41 Å². The molecule has 0 saturated carbocycles. The Morgan fingerprint density at radius 2 is 0.667 bits per heavy atom. The first-order valence-corrected chi connectivity index (χ1v) is 17.4. The molecular formula is C48H35N3. The molecule has 3 heteroatoms. The lowest BCUT2D eigenvalue weighted by molar-refractivity contribution is 0.660. The number of nitrogens with zero attached hydrogens (tertiary/aromatic N) is 3. The summed E-state index contributed by atoms with van der Waals surface area (Å²) in [5.41, 5.74) is 15.4. The molecule has 0 amide bonds. The van der Waals surface area contributed by atoms with Gasteiger partial charge in [-0.1, -0.05) is 166 Å². The first kappa shape index (κ1) is 30.6. The lowest BCUT2D eigenvalue weighted by atomic mass is 9.81. The van der Waals surface area contributed by atoms with Crippen LogP contribution in [0.4, 0.5) is 0 Å². The van der Waals surface area contributed by atoms with E-state index >= 15 is 0 Å². The largest absolute Gasteiger partial charge is 0.208 e. The Morgan fingerprint density at radius 3 is 1.20 bits per heavy atom. The summed E-state index contributed by atoms with van der Waals surface area (Å²) in [6, 6.07) is 62.1. The molecule has 0 radical (unpaired) electrons. The first-order chi connectivity index (χ1) is 25.0. The van der Waals surface area contributed by atoms with Gasteiger partial charge in [0.05, 0.1) is 0 Å². The van der Waals surface area contributed by atoms with Gasteiger partial charge in [-0.15, -0.1) is 0 Å². The molecule has 0 saturated heterocycles. The van der Waals surface area contributed by atoms with E-state index in [0.29, 0.717) is 17.5 Å². The summed E-state index contributed by atoms with van der Waals surface area (Å²) in [6.45, 7) is 4.67. The molecule has 7 aromatic carbocycles. The van der Waals surface area contributed by atoms with Crippen molar-refractivity contribution in [3.8, 4) is 78.7 Å². The highest BCUT2D eigenvalue weighted by atomic mass is 15.0. The van der Waals surface area contributed by atoms with Gasteiger partial charge in [-0.05, 0) is 79.9 Å². The third kappa shape index (κ3) is 5.63. The number of rotatable bonds is 6. The minimum absolute atomic E-state index is 0.0318. The fourth-order valence-corrected chi connectivity index (χ4v) is 7.42. The Morgan fingerprint density at radius 1 is 0.294 bits per heavy atom. The van der Waals surface area contributed by atoms with Gasteiger partial charge in [0.2, 0.25) is 0 Å². The van der Waals surface area contributed by atoms with Crippen LogP contribution in [0.3, 0.4) is 0 Å². The zero-order valence-corrected chi connectivity index (χ0v) is 28.6. The van der Waals surface area contributed by atoms with E-state index in [1.165, 1.54) is 44.5 Å². The van der Waals surface area contributed by atoms with Crippen LogP contribution in [-0.2, 0) is 5.41 Å². The van der Waals surface area contributed by atoms with E-state index in [4.69, 9.17) is 15.0 Å². The van der Waals surface area contributed by atoms with Crippen molar-refractivity contribution in [2.24, 2.45) is 0 Å². The summed E-state index contributed by atoms with van der Waals surface area (Å²) in [4.78, 5) is 14.8. The maximum atomic E-state index is 4.96. The van der Waals surface area contributed by atoms with Crippen LogP contribution in [0.25, 0.3) is 78.7 Å². The van der Waals surface area contributed by atoms with Crippen molar-refractivity contribution < 1.29 is 0 Å². The highest BCUT2D eigenvalue weighted by Gasteiger charge is 2.35. The third-order valence-electron chi connectivity index (χ3n) is 10.1. The Bertz CT molecular complexity index is 2490. The summed E-state index contributed by atoms with van der Waals surface area (Å²) in [7, 11) is 0. The summed E-state index contributed by atoms with van der Waals surface area (Å²) in [6.07, 6.45) is 0. The first-order valence-electron chi connectivity index (χ1n) is 17.4. The summed E-state index contributed by atoms with van der Waals surface area (Å²) >= 11 is 0. The summed E-state index contributed by atoms with van der Waals surface area (Å²) in [5.74, 6) is 1.96. The number of fused-ring (bicyclic) bond motifs is 3. The maximum Gasteiger partial charge on any atom is 0.164 e. The van der Waals surface area contributed by atoms with Crippen molar-refractivity contribution in [3.63, 3.8) is 0 Å². The van der Waals surface area contributed by atoms with Crippen molar-refractivity contribution in [3.05, 3.63) is 187 Å². The SMILES string of the molecule is CC1(C)c2ccccc2-c2ccc(-c3cccc(-c4cccc(-c5cccc(-c6nc(-c7ccccc7)nc(-c7ccccc7)n6)c5)c4)c3)cc21. The molecule has 1 aliphatic rings. The monoisotopic (exact) mass is 653 g/mol. The van der Waals surface area contributed by atoms with E-state index < -0.39 is 0 Å². The molecule has 8 aromatic rings. The summed E-state index contributed by atoms with van der Waals surface area (Å²) in [5, 5.41) is 0. The highest BCUT2D eigenvalue weighted by molar-refractivity contribution is 5.85. The van der Waals surface area contributed by atoms with Crippen LogP contribution in [0, 0.1) is 0 Å². The molecular weight excluding hydrogens is 619 g/mol. The van der Waals surface area contributed by atoms with Crippen LogP contribution in [0.15, 0.2) is 176 Å². The number of hydrogen-bond acceptors (Lipinski definition) is 3. The van der Waals surface area contributed by atoms with Gasteiger partial charge >= 0.3 is 0 Å². The van der Waals surface area contributed by atoms with Gasteiger partial charge in [-0.2, -0.15) is 0 Å². The summed E-state index contributed by atoms with van der Waals surface area (Å²) < 4.78 is 0. The van der Waals surface area contributed by atoms with E-state index in [9.17, 15) is 0 Å². The van der Waals surface area contributed by atoms with Crippen molar-refractivity contribution in [1.29, 1.82) is 0 Å². The standard InChI is InChI=1S/C48H35N3/c1-48(2)43-25-10-9-24-41(43)42-27-26-39(31-44(42)48)37-21-12-19-35(29-37)34-18-11-20-36(28-34)38-22-13-23-40(30-38)47-50-45(32-14-5-3-6-15-32)49-46(51-47)33-16-7-4-8-17-33/h3-31H,1-2H3. The van der Waals surface area contributed by atoms with Gasteiger partial charge in [-0.3, -0.25) is 0 Å². The van der Waals surface area contributed by atoms with Crippen molar-refractivity contribution in [2.45, 2.75) is 19.3 Å². The molecule has 0 spiro atoms. The highest BCUT2D eigenvalue weighted by Crippen LogP contribution is 2.49. The fraction of sp³-hybridized carbons (Fsp3) is 0.0625. The smallest absolute Gasteiger partial charge is 0.164 e. The van der Waals surface area contributed by atoms with Crippen molar-refractivity contribution >= 4 is 0 Å². The van der Waals surface area contributed by atoms with E-state index in [0.717, 1.165) is 27.8 Å². The second-order valence-corrected chi connectivity index (χ2v) is 13.7. The molecule has 0 N–H and O–H groups in total. The second-order valence-electron chi connectivity index (χ2n) is 13.7. The lowest BCUT2D eigenvalue weighted by Crippen LogP contribution is -2.14. The fourth-order valence-electron chi connectivity index (χ4n) is 7.42. The van der Waals surface area contributed by atoms with Gasteiger partial charge in [0.15, 0.2) is 17.5 Å². The molecule has 3 nitrogen and oxygen atoms in total. The maximum absolute atomic E-state index is 4.96. The van der Waals surface area contributed by atoms with Crippen LogP contribution < -0.4 is 0 Å². The molecule has 1 aliphatic carbocycles. The molecule has 0 bridgehead atoms. The molecule has 0 atom stereocenters. The number of benzene rings is 7. The average Bonchev–Trinajstić information content (AvgIpc) is 3.44. The van der Waals surface area contributed by atoms with Crippen LogP contribution in [0.5, 0.6) is 0 Å². The quantitative estimate of drug-likeness (QED) is 0.179. The third-order valence-corrected chi connectivity index (χ3v) is 10.1. The van der Waals surface area contributed by atoms with Gasteiger partial charge in [0, 0.05) is 22.1 Å². The second kappa shape index (κ2) is 12.5. The van der Waals surface area contributed by atoms with Crippen LogP contribution in [0.2, 0.25) is 0 Å². The normalized spacial score (nSPS) is 12.7. The topological polar surface area (TPSA) is 38.7 Å². The Hall–Kier alpha value is -6.45.